The molecule has 0 fully saturated rings. The van der Waals surface area contributed by atoms with Crippen LogP contribution in [0.5, 0.6) is 5.75 Å². The van der Waals surface area contributed by atoms with Crippen LogP contribution in [-0.4, -0.2) is 22.7 Å². The van der Waals surface area contributed by atoms with Crippen molar-refractivity contribution >= 4 is 17.6 Å². The number of carbonyl (C=O) groups excluding carboxylic acids is 1. The van der Waals surface area contributed by atoms with Crippen molar-refractivity contribution < 1.29 is 18.8 Å². The highest BCUT2D eigenvalue weighted by atomic mass is 35.5. The lowest BCUT2D eigenvalue weighted by molar-refractivity contribution is -0.148. The van der Waals surface area contributed by atoms with Crippen LogP contribution < -0.4 is 4.74 Å². The topological polar surface area (TPSA) is 74.5 Å². The van der Waals surface area contributed by atoms with Gasteiger partial charge in [-0.25, -0.2) is 4.79 Å². The maximum Gasteiger partial charge on any atom is 0.344 e. The predicted molar refractivity (Wildman–Crippen MR) is 86.5 cm³/mol. The zero-order valence-corrected chi connectivity index (χ0v) is 13.3. The number of aromatic nitrogens is 2. The molecule has 6 nitrogen and oxygen atoms in total. The van der Waals surface area contributed by atoms with E-state index in [4.69, 9.17) is 25.6 Å². The van der Waals surface area contributed by atoms with Crippen LogP contribution in [0.25, 0.3) is 11.4 Å². The molecule has 24 heavy (non-hydrogen) atoms. The summed E-state index contributed by atoms with van der Waals surface area (Å²) in [6, 6.07) is 16.1. The fraction of sp³-hybridized carbons (Fsp3) is 0.118. The molecule has 3 aromatic rings. The van der Waals surface area contributed by atoms with Gasteiger partial charge in [-0.3, -0.25) is 0 Å². The van der Waals surface area contributed by atoms with Crippen LogP contribution in [0.4, 0.5) is 0 Å². The summed E-state index contributed by atoms with van der Waals surface area (Å²) in [7, 11) is 0. The minimum Gasteiger partial charge on any atom is -0.482 e. The molecule has 7 heteroatoms. The van der Waals surface area contributed by atoms with E-state index in [2.05, 4.69) is 10.1 Å². The monoisotopic (exact) mass is 344 g/mol. The second-order valence-electron chi connectivity index (χ2n) is 4.78. The van der Waals surface area contributed by atoms with E-state index < -0.39 is 5.97 Å². The highest BCUT2D eigenvalue weighted by Crippen LogP contribution is 2.20. The molecule has 1 aromatic heterocycles. The van der Waals surface area contributed by atoms with Crippen molar-refractivity contribution in [3.05, 3.63) is 65.5 Å². The number of rotatable bonds is 6. The maximum atomic E-state index is 11.7. The predicted octanol–water partition coefficient (Wildman–Crippen LogP) is 3.51. The smallest absolute Gasteiger partial charge is 0.344 e. The number of carbonyl (C=O) groups is 1. The molecular formula is C17H13ClN2O4. The second kappa shape index (κ2) is 7.61. The van der Waals surface area contributed by atoms with E-state index in [9.17, 15) is 4.79 Å². The molecule has 0 atom stereocenters. The van der Waals surface area contributed by atoms with E-state index in [0.717, 1.165) is 5.56 Å². The van der Waals surface area contributed by atoms with Crippen molar-refractivity contribution in [3.8, 4) is 17.1 Å². The average molecular weight is 345 g/mol. The second-order valence-corrected chi connectivity index (χ2v) is 5.22. The molecule has 0 aliphatic heterocycles. The molecule has 0 radical (unpaired) electrons. The zero-order chi connectivity index (χ0) is 16.8. The lowest BCUT2D eigenvalue weighted by atomic mass is 10.2. The minimum atomic E-state index is -0.527. The number of esters is 1. The fourth-order valence-corrected chi connectivity index (χ4v) is 2.09. The van der Waals surface area contributed by atoms with Crippen molar-refractivity contribution in [2.75, 3.05) is 6.61 Å². The van der Waals surface area contributed by atoms with Crippen LogP contribution in [0, 0.1) is 0 Å². The van der Waals surface area contributed by atoms with E-state index in [0.29, 0.717) is 16.6 Å². The van der Waals surface area contributed by atoms with Gasteiger partial charge in [-0.1, -0.05) is 47.1 Å². The zero-order valence-electron chi connectivity index (χ0n) is 12.5. The van der Waals surface area contributed by atoms with Gasteiger partial charge < -0.3 is 14.0 Å². The Morgan fingerprint density at radius 2 is 1.96 bits per heavy atom. The largest absolute Gasteiger partial charge is 0.482 e. The van der Waals surface area contributed by atoms with E-state index in [1.165, 1.54) is 0 Å². The van der Waals surface area contributed by atoms with Gasteiger partial charge in [0.2, 0.25) is 5.82 Å². The van der Waals surface area contributed by atoms with Gasteiger partial charge in [-0.15, -0.1) is 0 Å². The first-order valence-electron chi connectivity index (χ1n) is 7.13. The molecule has 0 aliphatic carbocycles. The lowest BCUT2D eigenvalue weighted by Crippen LogP contribution is -2.14. The van der Waals surface area contributed by atoms with Gasteiger partial charge in [0, 0.05) is 10.6 Å². The third kappa shape index (κ3) is 4.33. The molecule has 0 saturated carbocycles. The third-order valence-corrected chi connectivity index (χ3v) is 3.24. The summed E-state index contributed by atoms with van der Waals surface area (Å²) < 4.78 is 15.4. The van der Waals surface area contributed by atoms with E-state index in [-0.39, 0.29) is 19.1 Å². The molecular weight excluding hydrogens is 332 g/mol. The third-order valence-electron chi connectivity index (χ3n) is 3.01. The Morgan fingerprint density at radius 3 is 2.75 bits per heavy atom. The summed E-state index contributed by atoms with van der Waals surface area (Å²) in [5, 5.41) is 4.40. The Morgan fingerprint density at radius 1 is 1.12 bits per heavy atom. The van der Waals surface area contributed by atoms with Crippen LogP contribution in [0.2, 0.25) is 5.02 Å². The van der Waals surface area contributed by atoms with Crippen molar-refractivity contribution in [2.45, 2.75) is 6.61 Å². The Labute approximate surface area is 143 Å². The molecule has 0 bridgehead atoms. The molecule has 1 heterocycles. The number of halogens is 1. The number of hydrogen-bond acceptors (Lipinski definition) is 6. The molecule has 0 amide bonds. The molecule has 0 saturated heterocycles. The van der Waals surface area contributed by atoms with E-state index in [1.54, 1.807) is 36.4 Å². The van der Waals surface area contributed by atoms with Crippen LogP contribution in [0.3, 0.4) is 0 Å². The Kier molecular flexibility index (Phi) is 5.08. The number of para-hydroxylation sites is 1. The molecule has 2 aromatic carbocycles. The molecule has 0 spiro atoms. The summed E-state index contributed by atoms with van der Waals surface area (Å²) in [6.07, 6.45) is 0. The standard InChI is InChI=1S/C17H13ClN2O4/c18-13-6-4-5-12(9-13)17-19-15(24-20-17)10-23-16(21)11-22-14-7-2-1-3-8-14/h1-9H,10-11H2. The van der Waals surface area contributed by atoms with Crippen molar-refractivity contribution in [1.82, 2.24) is 10.1 Å². The molecule has 3 rings (SSSR count). The lowest BCUT2D eigenvalue weighted by Gasteiger charge is -2.04. The van der Waals surface area contributed by atoms with Gasteiger partial charge in [0.15, 0.2) is 13.2 Å². The average Bonchev–Trinajstić information content (AvgIpc) is 3.08. The molecule has 0 aliphatic rings. The first-order chi connectivity index (χ1) is 11.7. The van der Waals surface area contributed by atoms with Crippen molar-refractivity contribution in [3.63, 3.8) is 0 Å². The minimum absolute atomic E-state index is 0.120. The fourth-order valence-electron chi connectivity index (χ4n) is 1.90. The van der Waals surface area contributed by atoms with Gasteiger partial charge >= 0.3 is 5.97 Å². The quantitative estimate of drug-likeness (QED) is 0.637. The van der Waals surface area contributed by atoms with Crippen molar-refractivity contribution in [1.29, 1.82) is 0 Å². The number of nitrogens with zero attached hydrogens (tertiary/aromatic N) is 2. The summed E-state index contributed by atoms with van der Waals surface area (Å²) >= 11 is 5.92. The van der Waals surface area contributed by atoms with Crippen molar-refractivity contribution in [2.24, 2.45) is 0 Å². The normalized spacial score (nSPS) is 10.4. The molecule has 0 N–H and O–H groups in total. The summed E-state index contributed by atoms with van der Waals surface area (Å²) in [5.41, 5.74) is 0.719. The van der Waals surface area contributed by atoms with Gasteiger partial charge in [0.1, 0.15) is 5.75 Å². The Bertz CT molecular complexity index is 820. The van der Waals surface area contributed by atoms with Gasteiger partial charge in [0.05, 0.1) is 0 Å². The van der Waals surface area contributed by atoms with Crippen LogP contribution in [-0.2, 0) is 16.1 Å². The number of hydrogen-bond donors (Lipinski definition) is 0. The van der Waals surface area contributed by atoms with Gasteiger partial charge in [-0.2, -0.15) is 4.98 Å². The highest BCUT2D eigenvalue weighted by Gasteiger charge is 2.12. The number of ether oxygens (including phenoxy) is 2. The summed E-state index contributed by atoms with van der Waals surface area (Å²) in [6.45, 7) is -0.316. The van der Waals surface area contributed by atoms with Gasteiger partial charge in [0.25, 0.3) is 5.89 Å². The van der Waals surface area contributed by atoms with E-state index >= 15 is 0 Å². The first-order valence-corrected chi connectivity index (χ1v) is 7.50. The van der Waals surface area contributed by atoms with Crippen LogP contribution in [0.15, 0.2) is 59.1 Å². The Balaban J connectivity index is 1.51. The summed E-state index contributed by atoms with van der Waals surface area (Å²) in [4.78, 5) is 15.8. The SMILES string of the molecule is O=C(COc1ccccc1)OCc1nc(-c2cccc(Cl)c2)no1. The Hall–Kier alpha value is -2.86. The van der Waals surface area contributed by atoms with E-state index in [1.807, 2.05) is 18.2 Å². The molecule has 122 valence electrons. The molecule has 0 unspecified atom stereocenters. The van der Waals surface area contributed by atoms with Gasteiger partial charge in [-0.05, 0) is 24.3 Å². The van der Waals surface area contributed by atoms with Crippen LogP contribution >= 0.6 is 11.6 Å². The van der Waals surface area contributed by atoms with Crippen LogP contribution in [0.1, 0.15) is 5.89 Å². The highest BCUT2D eigenvalue weighted by molar-refractivity contribution is 6.30. The number of benzene rings is 2. The maximum absolute atomic E-state index is 11.7. The summed E-state index contributed by atoms with van der Waals surface area (Å²) in [5.74, 6) is 0.638. The first kappa shape index (κ1) is 16.0.